The van der Waals surface area contributed by atoms with Crippen molar-refractivity contribution in [2.75, 3.05) is 0 Å². The summed E-state index contributed by atoms with van der Waals surface area (Å²) in [5.41, 5.74) is 6.97. The van der Waals surface area contributed by atoms with Crippen LogP contribution in [0.15, 0.2) is 28.8 Å². The van der Waals surface area contributed by atoms with Crippen molar-refractivity contribution >= 4 is 0 Å². The third-order valence-electron chi connectivity index (χ3n) is 3.30. The van der Waals surface area contributed by atoms with E-state index >= 15 is 0 Å². The van der Waals surface area contributed by atoms with E-state index in [1.165, 1.54) is 12.1 Å². The van der Waals surface area contributed by atoms with Crippen molar-refractivity contribution in [3.05, 3.63) is 47.4 Å². The van der Waals surface area contributed by atoms with Crippen LogP contribution in [0.1, 0.15) is 43.6 Å². The highest BCUT2D eigenvalue weighted by molar-refractivity contribution is 5.19. The summed E-state index contributed by atoms with van der Waals surface area (Å²) in [6.45, 7) is 4.12. The number of hydrogen-bond acceptors (Lipinski definition) is 4. The molecule has 0 radical (unpaired) electrons. The first-order chi connectivity index (χ1) is 9.10. The van der Waals surface area contributed by atoms with Crippen LogP contribution in [-0.4, -0.2) is 10.1 Å². The predicted molar refractivity (Wildman–Crippen MR) is 69.9 cm³/mol. The molecule has 102 valence electrons. The second kappa shape index (κ2) is 5.93. The molecular formula is C14H18FN3O. The Morgan fingerprint density at radius 3 is 2.63 bits per heavy atom. The van der Waals surface area contributed by atoms with Crippen LogP contribution in [0.5, 0.6) is 0 Å². The average molecular weight is 263 g/mol. The largest absolute Gasteiger partial charge is 0.338 e. The number of hydrogen-bond donors (Lipinski definition) is 1. The highest BCUT2D eigenvalue weighted by Gasteiger charge is 2.19. The molecule has 1 heterocycles. The van der Waals surface area contributed by atoms with Crippen LogP contribution in [0.3, 0.4) is 0 Å². The van der Waals surface area contributed by atoms with Gasteiger partial charge in [0.2, 0.25) is 5.89 Å². The number of nitrogens with two attached hydrogens (primary N) is 1. The maximum absolute atomic E-state index is 12.8. The Kier molecular flexibility index (Phi) is 4.27. The Morgan fingerprint density at radius 2 is 2.00 bits per heavy atom. The van der Waals surface area contributed by atoms with Crippen molar-refractivity contribution in [3.8, 4) is 0 Å². The van der Waals surface area contributed by atoms with E-state index in [4.69, 9.17) is 10.3 Å². The molecule has 0 amide bonds. The van der Waals surface area contributed by atoms with E-state index in [1.807, 2.05) is 0 Å². The van der Waals surface area contributed by atoms with Crippen LogP contribution in [0, 0.1) is 11.7 Å². The Balaban J connectivity index is 2.07. The minimum absolute atomic E-state index is 0.237. The Bertz CT molecular complexity index is 524. The first-order valence-corrected chi connectivity index (χ1v) is 6.42. The van der Waals surface area contributed by atoms with E-state index in [0.29, 0.717) is 24.1 Å². The number of halogens is 1. The standard InChI is InChI=1S/C14H18FN3O/c1-3-9(2)13(16)14-17-12(18-19-14)8-10-4-6-11(15)7-5-10/h4-7,9,13H,3,8,16H2,1-2H3/t9?,13-/m0/s1. The smallest absolute Gasteiger partial charge is 0.243 e. The molecule has 0 saturated carbocycles. The third-order valence-corrected chi connectivity index (χ3v) is 3.30. The summed E-state index contributed by atoms with van der Waals surface area (Å²) >= 11 is 0. The molecule has 5 heteroatoms. The maximum Gasteiger partial charge on any atom is 0.243 e. The van der Waals surface area contributed by atoms with Gasteiger partial charge in [-0.3, -0.25) is 0 Å². The van der Waals surface area contributed by atoms with Crippen molar-refractivity contribution < 1.29 is 8.91 Å². The van der Waals surface area contributed by atoms with Crippen LogP contribution in [0.4, 0.5) is 4.39 Å². The molecule has 4 nitrogen and oxygen atoms in total. The summed E-state index contributed by atoms with van der Waals surface area (Å²) in [7, 11) is 0. The van der Waals surface area contributed by atoms with Gasteiger partial charge in [-0.15, -0.1) is 0 Å². The molecule has 0 aliphatic heterocycles. The van der Waals surface area contributed by atoms with E-state index in [9.17, 15) is 4.39 Å². The molecule has 0 aliphatic rings. The first kappa shape index (κ1) is 13.7. The average Bonchev–Trinajstić information content (AvgIpc) is 2.88. The van der Waals surface area contributed by atoms with Gasteiger partial charge in [-0.1, -0.05) is 37.6 Å². The van der Waals surface area contributed by atoms with Crippen molar-refractivity contribution in [3.63, 3.8) is 0 Å². The van der Waals surface area contributed by atoms with Crippen LogP contribution in [0.25, 0.3) is 0 Å². The zero-order valence-electron chi connectivity index (χ0n) is 11.1. The SMILES string of the molecule is CCC(C)[C@H](N)c1nc(Cc2ccc(F)cc2)no1. The van der Waals surface area contributed by atoms with Crippen molar-refractivity contribution in [1.82, 2.24) is 10.1 Å². The molecule has 2 atom stereocenters. The van der Waals surface area contributed by atoms with Crippen LogP contribution in [-0.2, 0) is 6.42 Å². The maximum atomic E-state index is 12.8. The van der Waals surface area contributed by atoms with Crippen molar-refractivity contribution in [2.24, 2.45) is 11.7 Å². The van der Waals surface area contributed by atoms with Gasteiger partial charge in [0.05, 0.1) is 6.04 Å². The lowest BCUT2D eigenvalue weighted by atomic mass is 10.0. The first-order valence-electron chi connectivity index (χ1n) is 6.42. The molecular weight excluding hydrogens is 245 g/mol. The van der Waals surface area contributed by atoms with Gasteiger partial charge in [0.1, 0.15) is 5.82 Å². The number of aromatic nitrogens is 2. The van der Waals surface area contributed by atoms with E-state index in [2.05, 4.69) is 24.0 Å². The fourth-order valence-corrected chi connectivity index (χ4v) is 1.76. The second-order valence-corrected chi connectivity index (χ2v) is 4.76. The van der Waals surface area contributed by atoms with E-state index in [-0.39, 0.29) is 11.9 Å². The number of nitrogens with zero attached hydrogens (tertiary/aromatic N) is 2. The molecule has 0 aliphatic carbocycles. The van der Waals surface area contributed by atoms with Gasteiger partial charge in [-0.25, -0.2) is 4.39 Å². The molecule has 0 fully saturated rings. The zero-order valence-corrected chi connectivity index (χ0v) is 11.1. The fraction of sp³-hybridized carbons (Fsp3) is 0.429. The van der Waals surface area contributed by atoms with Gasteiger partial charge in [0.15, 0.2) is 5.82 Å². The summed E-state index contributed by atoms with van der Waals surface area (Å²) in [6, 6.07) is 6.02. The van der Waals surface area contributed by atoms with Crippen LogP contribution in [0.2, 0.25) is 0 Å². The number of benzene rings is 1. The molecule has 0 saturated heterocycles. The predicted octanol–water partition coefficient (Wildman–Crippen LogP) is 2.85. The molecule has 1 aromatic carbocycles. The van der Waals surface area contributed by atoms with Gasteiger partial charge in [0.25, 0.3) is 0 Å². The number of rotatable bonds is 5. The van der Waals surface area contributed by atoms with E-state index in [1.54, 1.807) is 12.1 Å². The Morgan fingerprint density at radius 1 is 1.32 bits per heavy atom. The summed E-state index contributed by atoms with van der Waals surface area (Å²) in [6.07, 6.45) is 1.47. The molecule has 1 aromatic heterocycles. The lowest BCUT2D eigenvalue weighted by Gasteiger charge is -2.12. The minimum Gasteiger partial charge on any atom is -0.338 e. The van der Waals surface area contributed by atoms with Gasteiger partial charge in [0, 0.05) is 6.42 Å². The molecule has 1 unspecified atom stereocenters. The van der Waals surface area contributed by atoms with Gasteiger partial charge in [-0.05, 0) is 23.6 Å². The van der Waals surface area contributed by atoms with E-state index < -0.39 is 0 Å². The van der Waals surface area contributed by atoms with Crippen LogP contribution < -0.4 is 5.73 Å². The third kappa shape index (κ3) is 3.38. The second-order valence-electron chi connectivity index (χ2n) is 4.76. The fourth-order valence-electron chi connectivity index (χ4n) is 1.76. The quantitative estimate of drug-likeness (QED) is 0.900. The summed E-state index contributed by atoms with van der Waals surface area (Å²) in [5, 5.41) is 3.91. The lowest BCUT2D eigenvalue weighted by Crippen LogP contribution is -2.18. The van der Waals surface area contributed by atoms with Gasteiger partial charge >= 0.3 is 0 Å². The van der Waals surface area contributed by atoms with Crippen molar-refractivity contribution in [2.45, 2.75) is 32.7 Å². The summed E-state index contributed by atoms with van der Waals surface area (Å²) < 4.78 is 18.0. The molecule has 19 heavy (non-hydrogen) atoms. The monoisotopic (exact) mass is 263 g/mol. The zero-order chi connectivity index (χ0) is 13.8. The van der Waals surface area contributed by atoms with Gasteiger partial charge in [-0.2, -0.15) is 4.98 Å². The lowest BCUT2D eigenvalue weighted by molar-refractivity contribution is 0.310. The molecule has 0 bridgehead atoms. The molecule has 2 aromatic rings. The van der Waals surface area contributed by atoms with Crippen molar-refractivity contribution in [1.29, 1.82) is 0 Å². The van der Waals surface area contributed by atoms with Crippen LogP contribution >= 0.6 is 0 Å². The highest BCUT2D eigenvalue weighted by Crippen LogP contribution is 2.20. The molecule has 2 N–H and O–H groups in total. The van der Waals surface area contributed by atoms with E-state index in [0.717, 1.165) is 12.0 Å². The highest BCUT2D eigenvalue weighted by atomic mass is 19.1. The molecule has 0 spiro atoms. The topological polar surface area (TPSA) is 64.9 Å². The Labute approximate surface area is 111 Å². The summed E-state index contributed by atoms with van der Waals surface area (Å²) in [4.78, 5) is 4.30. The molecule has 2 rings (SSSR count). The normalized spacial score (nSPS) is 14.3. The Hall–Kier alpha value is -1.75. The summed E-state index contributed by atoms with van der Waals surface area (Å²) in [5.74, 6) is 1.07. The van der Waals surface area contributed by atoms with Gasteiger partial charge < -0.3 is 10.3 Å². The minimum atomic E-state index is -0.253.